The first kappa shape index (κ1) is 11.9. The summed E-state index contributed by atoms with van der Waals surface area (Å²) in [4.78, 5) is 0. The van der Waals surface area contributed by atoms with Crippen molar-refractivity contribution in [3.63, 3.8) is 0 Å². The number of nitrogens with one attached hydrogen (secondary N) is 1. The topological polar surface area (TPSA) is 64.1 Å². The Morgan fingerprint density at radius 2 is 1.87 bits per heavy atom. The molecule has 15 heavy (non-hydrogen) atoms. The molecule has 5 N–H and O–H groups in total. The first-order chi connectivity index (χ1) is 6.80. The van der Waals surface area contributed by atoms with Crippen LogP contribution in [0.3, 0.4) is 0 Å². The third kappa shape index (κ3) is 3.14. The molecule has 1 aromatic carbocycles. The number of hydrogen-bond acceptors (Lipinski definition) is 3. The Bertz CT molecular complexity index is 347. The molecule has 0 spiro atoms. The van der Waals surface area contributed by atoms with Gasteiger partial charge in [-0.25, -0.2) is 8.78 Å². The lowest BCUT2D eigenvalue weighted by atomic mass is 10.0. The van der Waals surface area contributed by atoms with Gasteiger partial charge in [0.25, 0.3) is 0 Å². The maximum atomic E-state index is 12.8. The van der Waals surface area contributed by atoms with Crippen LogP contribution in [-0.2, 0) is 0 Å². The minimum Gasteiger partial charge on any atom is -0.368 e. The molecule has 84 valence electrons. The molecule has 0 aromatic heterocycles. The number of nitrogens with two attached hydrogens (primary N) is 2. The van der Waals surface area contributed by atoms with E-state index in [0.29, 0.717) is 5.69 Å². The molecule has 1 aromatic rings. The highest BCUT2D eigenvalue weighted by molar-refractivity contribution is 5.44. The second kappa shape index (κ2) is 4.12. The normalized spacial score (nSPS) is 13.7. The summed E-state index contributed by atoms with van der Waals surface area (Å²) in [6.45, 7) is 3.48. The minimum atomic E-state index is -0.915. The average molecular weight is 215 g/mol. The van der Waals surface area contributed by atoms with E-state index in [1.165, 1.54) is 6.07 Å². The van der Waals surface area contributed by atoms with Crippen molar-refractivity contribution in [3.05, 3.63) is 29.8 Å². The van der Waals surface area contributed by atoms with E-state index in [2.05, 4.69) is 5.32 Å². The summed E-state index contributed by atoms with van der Waals surface area (Å²) in [5.74, 6) is -1.80. The van der Waals surface area contributed by atoms with Crippen molar-refractivity contribution in [3.8, 4) is 0 Å². The fraction of sp³-hybridized carbons (Fsp3) is 0.400. The van der Waals surface area contributed by atoms with Gasteiger partial charge in [-0.3, -0.25) is 0 Å². The average Bonchev–Trinajstić information content (AvgIpc) is 2.10. The van der Waals surface area contributed by atoms with Gasteiger partial charge in [0.15, 0.2) is 11.6 Å². The monoisotopic (exact) mass is 215 g/mol. The number of rotatable bonds is 3. The molecular formula is C10H15F2N3. The van der Waals surface area contributed by atoms with Gasteiger partial charge >= 0.3 is 0 Å². The van der Waals surface area contributed by atoms with Crippen LogP contribution in [0.1, 0.15) is 13.8 Å². The highest BCUT2D eigenvalue weighted by Crippen LogP contribution is 2.15. The summed E-state index contributed by atoms with van der Waals surface area (Å²) in [5.41, 5.74) is 11.2. The van der Waals surface area contributed by atoms with Crippen LogP contribution in [0.2, 0.25) is 0 Å². The van der Waals surface area contributed by atoms with Gasteiger partial charge in [0, 0.05) is 17.3 Å². The molecule has 3 nitrogen and oxygen atoms in total. The summed E-state index contributed by atoms with van der Waals surface area (Å²) < 4.78 is 25.5. The first-order valence-electron chi connectivity index (χ1n) is 4.57. The Hall–Kier alpha value is -1.20. The lowest BCUT2D eigenvalue weighted by molar-refractivity contribution is 0.441. The molecule has 0 saturated carbocycles. The number of hydrogen-bond donors (Lipinski definition) is 3. The predicted octanol–water partition coefficient (Wildman–Crippen LogP) is 1.40. The van der Waals surface area contributed by atoms with Crippen LogP contribution >= 0.6 is 0 Å². The largest absolute Gasteiger partial charge is 0.368 e. The lowest BCUT2D eigenvalue weighted by Crippen LogP contribution is -2.54. The molecule has 0 aliphatic carbocycles. The minimum absolute atomic E-state index is 0.403. The highest BCUT2D eigenvalue weighted by atomic mass is 19.2. The van der Waals surface area contributed by atoms with Gasteiger partial charge in [-0.05, 0) is 26.0 Å². The molecule has 0 amide bonds. The van der Waals surface area contributed by atoms with Crippen molar-refractivity contribution in [2.75, 3.05) is 5.32 Å². The van der Waals surface area contributed by atoms with Crippen LogP contribution in [0.25, 0.3) is 0 Å². The van der Waals surface area contributed by atoms with Crippen LogP contribution in [0, 0.1) is 11.6 Å². The lowest BCUT2D eigenvalue weighted by Gasteiger charge is -2.28. The molecular weight excluding hydrogens is 200 g/mol. The van der Waals surface area contributed by atoms with Crippen molar-refractivity contribution in [2.24, 2.45) is 11.5 Å². The van der Waals surface area contributed by atoms with E-state index in [1.807, 2.05) is 0 Å². The first-order valence-corrected chi connectivity index (χ1v) is 4.57. The van der Waals surface area contributed by atoms with Crippen molar-refractivity contribution < 1.29 is 8.78 Å². The summed E-state index contributed by atoms with van der Waals surface area (Å²) in [5, 5.41) is 2.80. The fourth-order valence-corrected chi connectivity index (χ4v) is 0.951. The molecule has 0 aliphatic heterocycles. The van der Waals surface area contributed by atoms with Crippen LogP contribution in [0.15, 0.2) is 18.2 Å². The Kier molecular flexibility index (Phi) is 3.26. The van der Waals surface area contributed by atoms with E-state index in [9.17, 15) is 8.78 Å². The molecule has 5 heteroatoms. The summed E-state index contributed by atoms with van der Waals surface area (Å²) >= 11 is 0. The van der Waals surface area contributed by atoms with Crippen LogP contribution in [0.4, 0.5) is 14.5 Å². The maximum Gasteiger partial charge on any atom is 0.160 e. The van der Waals surface area contributed by atoms with Gasteiger partial charge in [0.05, 0.1) is 6.17 Å². The van der Waals surface area contributed by atoms with Gasteiger partial charge in [0.2, 0.25) is 0 Å². The van der Waals surface area contributed by atoms with Crippen LogP contribution < -0.4 is 16.8 Å². The van der Waals surface area contributed by atoms with E-state index in [0.717, 1.165) is 12.1 Å². The van der Waals surface area contributed by atoms with Crippen molar-refractivity contribution in [2.45, 2.75) is 25.6 Å². The van der Waals surface area contributed by atoms with Crippen molar-refractivity contribution in [1.29, 1.82) is 0 Å². The number of halogens is 2. The van der Waals surface area contributed by atoms with E-state index < -0.39 is 23.3 Å². The predicted molar refractivity (Wildman–Crippen MR) is 56.2 cm³/mol. The Morgan fingerprint density at radius 1 is 1.27 bits per heavy atom. The van der Waals surface area contributed by atoms with Crippen molar-refractivity contribution >= 4 is 5.69 Å². The third-order valence-corrected chi connectivity index (χ3v) is 2.04. The molecule has 1 rings (SSSR count). The molecule has 0 fully saturated rings. The maximum absolute atomic E-state index is 12.8. The van der Waals surface area contributed by atoms with E-state index in [1.54, 1.807) is 13.8 Å². The molecule has 0 radical (unpaired) electrons. The Labute approximate surface area is 87.5 Å². The fourth-order valence-electron chi connectivity index (χ4n) is 0.951. The zero-order chi connectivity index (χ0) is 11.6. The smallest absolute Gasteiger partial charge is 0.160 e. The van der Waals surface area contributed by atoms with Crippen LogP contribution in [0.5, 0.6) is 0 Å². The molecule has 1 atom stereocenters. The second-order valence-electron chi connectivity index (χ2n) is 4.07. The quantitative estimate of drug-likeness (QED) is 0.668. The van der Waals surface area contributed by atoms with E-state index in [4.69, 9.17) is 11.5 Å². The highest BCUT2D eigenvalue weighted by Gasteiger charge is 2.21. The summed E-state index contributed by atoms with van der Waals surface area (Å²) in [6, 6.07) is 3.48. The SMILES string of the molecule is CC(C)(N)C(N)Nc1ccc(F)c(F)c1. The van der Waals surface area contributed by atoms with Crippen LogP contribution in [-0.4, -0.2) is 11.7 Å². The van der Waals surface area contributed by atoms with E-state index >= 15 is 0 Å². The molecule has 0 aliphatic rings. The number of benzene rings is 1. The van der Waals surface area contributed by atoms with Crippen molar-refractivity contribution in [1.82, 2.24) is 0 Å². The summed E-state index contributed by atoms with van der Waals surface area (Å²) in [6.07, 6.45) is -0.539. The zero-order valence-corrected chi connectivity index (χ0v) is 8.72. The van der Waals surface area contributed by atoms with E-state index in [-0.39, 0.29) is 0 Å². The molecule has 0 bridgehead atoms. The zero-order valence-electron chi connectivity index (χ0n) is 8.72. The molecule has 1 unspecified atom stereocenters. The Morgan fingerprint density at radius 3 is 2.33 bits per heavy atom. The molecule has 0 saturated heterocycles. The third-order valence-electron chi connectivity index (χ3n) is 2.04. The molecule has 0 heterocycles. The summed E-state index contributed by atoms with van der Waals surface area (Å²) in [7, 11) is 0. The van der Waals surface area contributed by atoms with Gasteiger partial charge in [-0.2, -0.15) is 0 Å². The van der Waals surface area contributed by atoms with Gasteiger partial charge in [-0.1, -0.05) is 0 Å². The van der Waals surface area contributed by atoms with Gasteiger partial charge in [-0.15, -0.1) is 0 Å². The second-order valence-corrected chi connectivity index (χ2v) is 4.07. The number of anilines is 1. The van der Waals surface area contributed by atoms with Gasteiger partial charge in [0.1, 0.15) is 0 Å². The standard InChI is InChI=1S/C10H15F2N3/c1-10(2,14)9(13)15-6-3-4-7(11)8(12)5-6/h3-5,9,15H,13-14H2,1-2H3. The van der Waals surface area contributed by atoms with Gasteiger partial charge < -0.3 is 16.8 Å². The Balaban J connectivity index is 2.78.